The molecule has 2 saturated heterocycles. The average Bonchev–Trinajstić information content (AvgIpc) is 3.34. The van der Waals surface area contributed by atoms with Crippen molar-refractivity contribution in [2.45, 2.75) is 87.4 Å². The van der Waals surface area contributed by atoms with Crippen LogP contribution in [0.1, 0.15) is 59.3 Å². The van der Waals surface area contributed by atoms with Crippen molar-refractivity contribution in [3.63, 3.8) is 0 Å². The maximum Gasteiger partial charge on any atom is 0.247 e. The SMILES string of the molecule is CCOc1ccc(N2CC=C[C@@H]3S[C@]45C=CCN(C6CCCCC6)C(=O)C4N([C@@H](CO)[C@@H](C)CC)C(=O)[C@@H]5[C@@H]3C2=O)cc1. The molecule has 1 N–H and O–H groups in total. The lowest BCUT2D eigenvalue weighted by Gasteiger charge is -2.42. The molecule has 1 aliphatic carbocycles. The minimum Gasteiger partial charge on any atom is -0.494 e. The number of aliphatic hydroxyl groups excluding tert-OH is 1. The highest BCUT2D eigenvalue weighted by molar-refractivity contribution is 8.02. The van der Waals surface area contributed by atoms with Gasteiger partial charge in [-0.15, -0.1) is 11.8 Å². The maximum atomic E-state index is 14.8. The summed E-state index contributed by atoms with van der Waals surface area (Å²) in [7, 11) is 0. The molecule has 1 aromatic carbocycles. The van der Waals surface area contributed by atoms with Gasteiger partial charge in [-0.1, -0.05) is 63.8 Å². The number of hydrogen-bond acceptors (Lipinski definition) is 6. The summed E-state index contributed by atoms with van der Waals surface area (Å²) >= 11 is 1.61. The fourth-order valence-electron chi connectivity index (χ4n) is 8.11. The Balaban J connectivity index is 1.41. The number of likely N-dealkylation sites (tertiary alicyclic amines) is 1. The molecule has 4 heterocycles. The third kappa shape index (κ3) is 5.00. The number of aliphatic hydroxyl groups is 1. The molecule has 0 aromatic heterocycles. The highest BCUT2D eigenvalue weighted by Gasteiger charge is 2.72. The summed E-state index contributed by atoms with van der Waals surface area (Å²) < 4.78 is 4.73. The number of carbonyl (C=O) groups excluding carboxylic acids is 3. The number of fused-ring (bicyclic) bond motifs is 2. The van der Waals surface area contributed by atoms with E-state index in [1.165, 1.54) is 6.42 Å². The highest BCUT2D eigenvalue weighted by Crippen LogP contribution is 2.62. The summed E-state index contributed by atoms with van der Waals surface area (Å²) in [5.74, 6) is -0.879. The van der Waals surface area contributed by atoms with Gasteiger partial charge in [-0.2, -0.15) is 0 Å². The molecule has 3 fully saturated rings. The first-order valence-electron chi connectivity index (χ1n) is 16.2. The summed E-state index contributed by atoms with van der Waals surface area (Å²) in [6, 6.07) is 6.42. The van der Waals surface area contributed by atoms with Crippen molar-refractivity contribution in [2.24, 2.45) is 17.8 Å². The number of rotatable bonds is 8. The number of thioether (sulfide) groups is 1. The number of nitrogens with zero attached hydrogens (tertiary/aromatic N) is 3. The Labute approximate surface area is 259 Å². The van der Waals surface area contributed by atoms with Gasteiger partial charge in [0.1, 0.15) is 11.8 Å². The molecular formula is C34H45N3O5S. The van der Waals surface area contributed by atoms with Crippen molar-refractivity contribution in [2.75, 3.05) is 31.2 Å². The topological polar surface area (TPSA) is 90.4 Å². The van der Waals surface area contributed by atoms with Gasteiger partial charge in [0.05, 0.1) is 35.8 Å². The lowest BCUT2D eigenvalue weighted by Crippen LogP contribution is -2.59. The number of ether oxygens (including phenoxy) is 1. The van der Waals surface area contributed by atoms with Crippen LogP contribution in [-0.4, -0.2) is 87.1 Å². The molecule has 6 rings (SSSR count). The fraction of sp³-hybridized carbons (Fsp3) is 0.618. The molecule has 4 aliphatic heterocycles. The summed E-state index contributed by atoms with van der Waals surface area (Å²) in [6.45, 7) is 7.29. The number of carbonyl (C=O) groups is 3. The van der Waals surface area contributed by atoms with E-state index in [-0.39, 0.29) is 41.5 Å². The third-order valence-corrected chi connectivity index (χ3v) is 12.2. The fourth-order valence-corrected chi connectivity index (χ4v) is 10.1. The monoisotopic (exact) mass is 607 g/mol. The van der Waals surface area contributed by atoms with E-state index in [9.17, 15) is 19.5 Å². The van der Waals surface area contributed by atoms with Crippen LogP contribution in [0.15, 0.2) is 48.6 Å². The Morgan fingerprint density at radius 3 is 2.42 bits per heavy atom. The summed E-state index contributed by atoms with van der Waals surface area (Å²) in [5.41, 5.74) is 0.757. The number of benzene rings is 1. The normalized spacial score (nSPS) is 32.3. The first-order chi connectivity index (χ1) is 20.9. The molecule has 0 bridgehead atoms. The quantitative estimate of drug-likeness (QED) is 0.440. The molecule has 8 nitrogen and oxygen atoms in total. The zero-order valence-electron chi connectivity index (χ0n) is 25.6. The standard InChI is InChI=1S/C34H45N3O5S/c1-4-22(3)26(21-38)37-30-33(41)36(23-11-7-6-8-12-23)20-10-18-34(30)29(32(37)40)28-27(43-34)13-9-19-35(31(28)39)24-14-16-25(17-15-24)42-5-2/h9-10,13-18,22-23,26-30,38H,4-8,11-12,19-21H2,1-3H3/t22-,26-,27-,28+,29-,30?,34-/m0/s1. The van der Waals surface area contributed by atoms with Crippen LogP contribution in [-0.2, 0) is 14.4 Å². The van der Waals surface area contributed by atoms with E-state index in [2.05, 4.69) is 18.2 Å². The largest absolute Gasteiger partial charge is 0.494 e. The molecule has 5 aliphatic rings. The van der Waals surface area contributed by atoms with Crippen molar-refractivity contribution < 1.29 is 24.2 Å². The zero-order valence-corrected chi connectivity index (χ0v) is 26.4. The van der Waals surface area contributed by atoms with Crippen molar-refractivity contribution in [1.82, 2.24) is 9.80 Å². The molecule has 232 valence electrons. The van der Waals surface area contributed by atoms with E-state index in [4.69, 9.17) is 4.74 Å². The van der Waals surface area contributed by atoms with Crippen LogP contribution in [0.5, 0.6) is 5.75 Å². The number of anilines is 1. The average molecular weight is 608 g/mol. The van der Waals surface area contributed by atoms with Gasteiger partial charge in [-0.25, -0.2) is 0 Å². The van der Waals surface area contributed by atoms with Crippen LogP contribution in [0.4, 0.5) is 5.69 Å². The molecule has 3 amide bonds. The van der Waals surface area contributed by atoms with Crippen LogP contribution < -0.4 is 9.64 Å². The van der Waals surface area contributed by atoms with E-state index in [1.807, 2.05) is 56.0 Å². The predicted molar refractivity (Wildman–Crippen MR) is 169 cm³/mol. The van der Waals surface area contributed by atoms with Crippen LogP contribution in [0.2, 0.25) is 0 Å². The predicted octanol–water partition coefficient (Wildman–Crippen LogP) is 4.42. The Bertz CT molecular complexity index is 1280. The Hall–Kier alpha value is -2.78. The second-order valence-electron chi connectivity index (χ2n) is 12.7. The van der Waals surface area contributed by atoms with Crippen molar-refractivity contribution in [1.29, 1.82) is 0 Å². The first kappa shape index (κ1) is 30.3. The lowest BCUT2D eigenvalue weighted by atomic mass is 9.78. The van der Waals surface area contributed by atoms with Gasteiger partial charge in [0, 0.05) is 30.1 Å². The van der Waals surface area contributed by atoms with Crippen LogP contribution in [0.3, 0.4) is 0 Å². The van der Waals surface area contributed by atoms with Gasteiger partial charge in [-0.05, 0) is 49.9 Å². The van der Waals surface area contributed by atoms with Crippen molar-refractivity contribution in [3.05, 3.63) is 48.6 Å². The summed E-state index contributed by atoms with van der Waals surface area (Å²) in [6.07, 6.45) is 14.4. The van der Waals surface area contributed by atoms with Gasteiger partial charge in [0.2, 0.25) is 17.7 Å². The van der Waals surface area contributed by atoms with E-state index in [0.29, 0.717) is 19.7 Å². The molecular weight excluding hydrogens is 562 g/mol. The van der Waals surface area contributed by atoms with Crippen molar-refractivity contribution in [3.8, 4) is 5.75 Å². The maximum absolute atomic E-state index is 14.8. The van der Waals surface area contributed by atoms with Gasteiger partial charge in [0.15, 0.2) is 0 Å². The number of hydrogen-bond donors (Lipinski definition) is 1. The minimum atomic E-state index is -0.879. The lowest BCUT2D eigenvalue weighted by molar-refractivity contribution is -0.148. The van der Waals surface area contributed by atoms with Gasteiger partial charge in [-0.3, -0.25) is 14.4 Å². The van der Waals surface area contributed by atoms with Gasteiger partial charge >= 0.3 is 0 Å². The Kier molecular flexibility index (Phi) is 8.66. The molecule has 1 aromatic rings. The third-order valence-electron chi connectivity index (χ3n) is 10.4. The molecule has 9 heteroatoms. The highest BCUT2D eigenvalue weighted by atomic mass is 32.2. The Morgan fingerprint density at radius 2 is 1.74 bits per heavy atom. The molecule has 7 atom stereocenters. The minimum absolute atomic E-state index is 0.00105. The zero-order chi connectivity index (χ0) is 30.3. The second-order valence-corrected chi connectivity index (χ2v) is 14.2. The smallest absolute Gasteiger partial charge is 0.247 e. The van der Waals surface area contributed by atoms with Gasteiger partial charge < -0.3 is 24.5 Å². The molecule has 1 saturated carbocycles. The summed E-state index contributed by atoms with van der Waals surface area (Å²) in [5, 5.41) is 10.4. The van der Waals surface area contributed by atoms with Crippen molar-refractivity contribution >= 4 is 35.2 Å². The van der Waals surface area contributed by atoms with Crippen LogP contribution in [0.25, 0.3) is 0 Å². The van der Waals surface area contributed by atoms with E-state index < -0.39 is 28.7 Å². The molecule has 43 heavy (non-hydrogen) atoms. The van der Waals surface area contributed by atoms with Crippen LogP contribution in [0, 0.1) is 17.8 Å². The summed E-state index contributed by atoms with van der Waals surface area (Å²) in [4.78, 5) is 49.5. The molecule has 1 unspecified atom stereocenters. The second kappa shape index (κ2) is 12.3. The van der Waals surface area contributed by atoms with E-state index >= 15 is 0 Å². The number of amides is 3. The molecule has 0 radical (unpaired) electrons. The van der Waals surface area contributed by atoms with E-state index in [1.54, 1.807) is 21.6 Å². The molecule has 1 spiro atoms. The van der Waals surface area contributed by atoms with Crippen LogP contribution >= 0.6 is 11.8 Å². The first-order valence-corrected chi connectivity index (χ1v) is 17.0. The Morgan fingerprint density at radius 1 is 1.00 bits per heavy atom. The van der Waals surface area contributed by atoms with Gasteiger partial charge in [0.25, 0.3) is 0 Å². The van der Waals surface area contributed by atoms with E-state index in [0.717, 1.165) is 43.5 Å².